The first-order valence-corrected chi connectivity index (χ1v) is 8.91. The number of halogens is 1. The summed E-state index contributed by atoms with van der Waals surface area (Å²) in [5.41, 5.74) is 6.27. The minimum Gasteiger partial charge on any atom is -0.352 e. The van der Waals surface area contributed by atoms with Gasteiger partial charge in [-0.25, -0.2) is 8.42 Å². The number of carbonyl (C=O) groups is 2. The normalized spacial score (nSPS) is 11.8. The fourth-order valence-corrected chi connectivity index (χ4v) is 2.39. The fraction of sp³-hybridized carbons (Fsp3) is 0.429. The summed E-state index contributed by atoms with van der Waals surface area (Å²) in [5, 5.41) is 5.22. The highest BCUT2D eigenvalue weighted by Crippen LogP contribution is 2.21. The predicted octanol–water partition coefficient (Wildman–Crippen LogP) is 0.905. The molecule has 0 aliphatic heterocycles. The van der Waals surface area contributed by atoms with Gasteiger partial charge < -0.3 is 16.4 Å². The van der Waals surface area contributed by atoms with Gasteiger partial charge in [0.05, 0.1) is 17.5 Å². The topological polar surface area (TPSA) is 130 Å². The summed E-state index contributed by atoms with van der Waals surface area (Å²) in [6.45, 7) is 3.52. The van der Waals surface area contributed by atoms with E-state index in [0.29, 0.717) is 18.7 Å². The number of benzene rings is 1. The van der Waals surface area contributed by atoms with Crippen molar-refractivity contribution >= 4 is 45.6 Å². The average molecular weight is 379 g/mol. The largest absolute Gasteiger partial charge is 0.352 e. The maximum atomic E-state index is 12.3. The lowest BCUT2D eigenvalue weighted by atomic mass is 10.1. The highest BCUT2D eigenvalue weighted by molar-refractivity contribution is 7.92. The Morgan fingerprint density at radius 2 is 1.92 bits per heavy atom. The monoisotopic (exact) mass is 378 g/mol. The van der Waals surface area contributed by atoms with Crippen molar-refractivity contribution in [2.24, 2.45) is 5.73 Å². The second-order valence-electron chi connectivity index (χ2n) is 5.34. The minimum atomic E-state index is -3.54. The van der Waals surface area contributed by atoms with Gasteiger partial charge in [0, 0.05) is 25.2 Å². The Morgan fingerprint density at radius 3 is 2.42 bits per heavy atom. The van der Waals surface area contributed by atoms with Crippen LogP contribution in [0.4, 0.5) is 11.4 Å². The highest BCUT2D eigenvalue weighted by atomic mass is 35.5. The molecular formula is C14H23ClN4O4S. The van der Waals surface area contributed by atoms with Crippen LogP contribution < -0.4 is 21.1 Å². The number of anilines is 2. The molecule has 0 bridgehead atoms. The summed E-state index contributed by atoms with van der Waals surface area (Å²) in [4.78, 5) is 23.4. The van der Waals surface area contributed by atoms with Gasteiger partial charge in [-0.3, -0.25) is 14.3 Å². The van der Waals surface area contributed by atoms with Gasteiger partial charge in [0.1, 0.15) is 0 Å². The quantitative estimate of drug-likeness (QED) is 0.560. The molecule has 2 amide bonds. The van der Waals surface area contributed by atoms with Crippen LogP contribution in [0.2, 0.25) is 0 Å². The van der Waals surface area contributed by atoms with Crippen molar-refractivity contribution in [3.8, 4) is 0 Å². The van der Waals surface area contributed by atoms with Crippen LogP contribution in [0.25, 0.3) is 0 Å². The van der Waals surface area contributed by atoms with Gasteiger partial charge in [-0.15, -0.1) is 12.4 Å². The standard InChI is InChI=1S/C14H22N4O4S.ClH/c1-9(15)6-7-16-14(20)12-8-11(17-10(2)19)4-5-13(12)18-23(3,21)22;/h4-5,8-9,18H,6-7,15H2,1-3H3,(H,16,20)(H,17,19);1H. The molecule has 0 aromatic heterocycles. The van der Waals surface area contributed by atoms with Crippen LogP contribution in [-0.4, -0.2) is 39.1 Å². The van der Waals surface area contributed by atoms with Gasteiger partial charge in [-0.2, -0.15) is 0 Å². The molecule has 10 heteroatoms. The average Bonchev–Trinajstić information content (AvgIpc) is 2.37. The molecule has 1 aromatic rings. The SMILES string of the molecule is CC(=O)Nc1ccc(NS(C)(=O)=O)c(C(=O)NCCC(C)N)c1.Cl. The lowest BCUT2D eigenvalue weighted by Crippen LogP contribution is -2.29. The maximum absolute atomic E-state index is 12.3. The molecule has 0 spiro atoms. The van der Waals surface area contributed by atoms with E-state index in [-0.39, 0.29) is 35.6 Å². The molecule has 1 aromatic carbocycles. The number of hydrogen-bond acceptors (Lipinski definition) is 5. The first kappa shape index (κ1) is 22.2. The van der Waals surface area contributed by atoms with E-state index in [2.05, 4.69) is 15.4 Å². The van der Waals surface area contributed by atoms with Gasteiger partial charge >= 0.3 is 0 Å². The zero-order valence-corrected chi connectivity index (χ0v) is 15.4. The summed E-state index contributed by atoms with van der Waals surface area (Å²) in [6.07, 6.45) is 1.58. The Kier molecular flexibility index (Phi) is 8.73. The van der Waals surface area contributed by atoms with Crippen molar-refractivity contribution < 1.29 is 18.0 Å². The Bertz CT molecular complexity index is 692. The van der Waals surface area contributed by atoms with Crippen LogP contribution in [0.15, 0.2) is 18.2 Å². The van der Waals surface area contributed by atoms with E-state index in [1.54, 1.807) is 0 Å². The molecule has 0 aliphatic carbocycles. The highest BCUT2D eigenvalue weighted by Gasteiger charge is 2.15. The van der Waals surface area contributed by atoms with Crippen LogP contribution >= 0.6 is 12.4 Å². The first-order chi connectivity index (χ1) is 10.6. The lowest BCUT2D eigenvalue weighted by Gasteiger charge is -2.13. The van der Waals surface area contributed by atoms with E-state index in [1.165, 1.54) is 25.1 Å². The van der Waals surface area contributed by atoms with Gasteiger partial charge in [0.2, 0.25) is 15.9 Å². The number of sulfonamides is 1. The van der Waals surface area contributed by atoms with Gasteiger partial charge in [0.15, 0.2) is 0 Å². The van der Waals surface area contributed by atoms with E-state index in [0.717, 1.165) is 6.26 Å². The summed E-state index contributed by atoms with van der Waals surface area (Å²) in [5.74, 6) is -0.749. The maximum Gasteiger partial charge on any atom is 0.253 e. The van der Waals surface area contributed by atoms with Gasteiger partial charge in [-0.1, -0.05) is 0 Å². The van der Waals surface area contributed by atoms with E-state index in [9.17, 15) is 18.0 Å². The molecule has 0 radical (unpaired) electrons. The molecule has 1 atom stereocenters. The van der Waals surface area contributed by atoms with Crippen molar-refractivity contribution in [1.29, 1.82) is 0 Å². The molecular weight excluding hydrogens is 356 g/mol. The zero-order valence-electron chi connectivity index (χ0n) is 13.8. The van der Waals surface area contributed by atoms with Crippen molar-refractivity contribution in [2.45, 2.75) is 26.3 Å². The van der Waals surface area contributed by atoms with Crippen LogP contribution in [0.3, 0.4) is 0 Å². The van der Waals surface area contributed by atoms with E-state index >= 15 is 0 Å². The van der Waals surface area contributed by atoms with Gasteiger partial charge in [-0.05, 0) is 31.5 Å². The molecule has 0 fully saturated rings. The molecule has 0 saturated carbocycles. The molecule has 1 rings (SSSR count). The smallest absolute Gasteiger partial charge is 0.253 e. The van der Waals surface area contributed by atoms with E-state index < -0.39 is 15.9 Å². The van der Waals surface area contributed by atoms with Crippen molar-refractivity contribution in [3.05, 3.63) is 23.8 Å². The third-order valence-electron chi connectivity index (χ3n) is 2.77. The Morgan fingerprint density at radius 1 is 1.29 bits per heavy atom. The van der Waals surface area contributed by atoms with Crippen molar-refractivity contribution in [2.75, 3.05) is 22.8 Å². The van der Waals surface area contributed by atoms with Crippen LogP contribution in [0, 0.1) is 0 Å². The third kappa shape index (κ3) is 8.14. The summed E-state index contributed by atoms with van der Waals surface area (Å²) < 4.78 is 25.1. The molecule has 0 heterocycles. The molecule has 0 aliphatic rings. The van der Waals surface area contributed by atoms with Crippen LogP contribution in [-0.2, 0) is 14.8 Å². The van der Waals surface area contributed by atoms with Crippen LogP contribution in [0.1, 0.15) is 30.6 Å². The number of nitrogens with one attached hydrogen (secondary N) is 3. The number of amides is 2. The number of rotatable bonds is 7. The third-order valence-corrected chi connectivity index (χ3v) is 3.36. The van der Waals surface area contributed by atoms with Crippen LogP contribution in [0.5, 0.6) is 0 Å². The fourth-order valence-electron chi connectivity index (χ4n) is 1.81. The molecule has 136 valence electrons. The van der Waals surface area contributed by atoms with Crippen molar-refractivity contribution in [3.63, 3.8) is 0 Å². The number of carbonyl (C=O) groups excluding carboxylic acids is 2. The van der Waals surface area contributed by atoms with E-state index in [1.807, 2.05) is 6.92 Å². The second kappa shape index (κ2) is 9.45. The Labute approximate surface area is 148 Å². The first-order valence-electron chi connectivity index (χ1n) is 7.01. The Balaban J connectivity index is 0.00000529. The Hall–Kier alpha value is -1.84. The van der Waals surface area contributed by atoms with Crippen molar-refractivity contribution in [1.82, 2.24) is 5.32 Å². The number of nitrogens with two attached hydrogens (primary N) is 1. The zero-order chi connectivity index (χ0) is 17.6. The molecule has 8 nitrogen and oxygen atoms in total. The number of hydrogen-bond donors (Lipinski definition) is 4. The molecule has 1 unspecified atom stereocenters. The van der Waals surface area contributed by atoms with Gasteiger partial charge in [0.25, 0.3) is 5.91 Å². The summed E-state index contributed by atoms with van der Waals surface area (Å²) in [7, 11) is -3.54. The second-order valence-corrected chi connectivity index (χ2v) is 7.09. The molecule has 24 heavy (non-hydrogen) atoms. The molecule has 5 N–H and O–H groups in total. The predicted molar refractivity (Wildman–Crippen MR) is 97.1 cm³/mol. The summed E-state index contributed by atoms with van der Waals surface area (Å²) >= 11 is 0. The minimum absolute atomic E-state index is 0. The lowest BCUT2D eigenvalue weighted by molar-refractivity contribution is -0.114. The van der Waals surface area contributed by atoms with E-state index in [4.69, 9.17) is 5.73 Å². The summed E-state index contributed by atoms with van der Waals surface area (Å²) in [6, 6.07) is 4.28. The molecule has 0 saturated heterocycles.